The molecule has 0 saturated heterocycles. The Hall–Kier alpha value is -4.94. The molecule has 0 aliphatic carbocycles. The molecule has 0 unspecified atom stereocenters. The predicted octanol–water partition coefficient (Wildman–Crippen LogP) is 6.40. The van der Waals surface area contributed by atoms with Gasteiger partial charge in [-0.15, -0.1) is 0 Å². The van der Waals surface area contributed by atoms with Crippen LogP contribution in [0, 0.1) is 23.0 Å². The smallest absolute Gasteiger partial charge is 0.214 e. The van der Waals surface area contributed by atoms with Crippen LogP contribution in [0.1, 0.15) is 51.2 Å². The molecule has 0 radical (unpaired) electrons. The van der Waals surface area contributed by atoms with Crippen LogP contribution in [-0.2, 0) is 24.3 Å². The van der Waals surface area contributed by atoms with Gasteiger partial charge < -0.3 is 14.0 Å². The van der Waals surface area contributed by atoms with Gasteiger partial charge in [-0.1, -0.05) is 30.9 Å². The maximum Gasteiger partial charge on any atom is 0.214 e. The molecule has 0 aliphatic heterocycles. The number of hydrogen-bond acceptors (Lipinski definition) is 6. The quantitative estimate of drug-likeness (QED) is 0.188. The molecule has 41 heavy (non-hydrogen) atoms. The van der Waals surface area contributed by atoms with Crippen LogP contribution >= 0.6 is 0 Å². The topological polar surface area (TPSA) is 90.0 Å². The highest BCUT2D eigenvalue weighted by Crippen LogP contribution is 2.26. The first-order valence-electron chi connectivity index (χ1n) is 12.8. The van der Waals surface area contributed by atoms with Gasteiger partial charge >= 0.3 is 0 Å². The lowest BCUT2D eigenvalue weighted by molar-refractivity contribution is 0.112. The van der Waals surface area contributed by atoms with E-state index in [0.717, 1.165) is 17.5 Å². The van der Waals surface area contributed by atoms with Crippen LogP contribution in [0.5, 0.6) is 5.88 Å². The van der Waals surface area contributed by atoms with E-state index in [1.165, 1.54) is 30.3 Å². The van der Waals surface area contributed by atoms with Gasteiger partial charge in [-0.3, -0.25) is 4.79 Å². The second-order valence-electron chi connectivity index (χ2n) is 9.08. The first kappa shape index (κ1) is 29.1. The summed E-state index contributed by atoms with van der Waals surface area (Å²) >= 11 is 0. The third-order valence-corrected chi connectivity index (χ3v) is 6.37. The molecule has 0 fully saturated rings. The highest BCUT2D eigenvalue weighted by molar-refractivity contribution is 5.78. The molecule has 0 aliphatic rings. The average Bonchev–Trinajstić information content (AvgIpc) is 3.31. The van der Waals surface area contributed by atoms with Gasteiger partial charge in [0.1, 0.15) is 30.4 Å². The van der Waals surface area contributed by atoms with E-state index in [9.17, 15) is 9.18 Å². The first-order valence-corrected chi connectivity index (χ1v) is 12.8. The molecule has 0 bridgehead atoms. The monoisotopic (exact) mass is 554 g/mol. The number of nitrogens with zero attached hydrogens (tertiary/aromatic N) is 4. The summed E-state index contributed by atoms with van der Waals surface area (Å²) in [5.74, 6) is -0.304. The number of methoxy groups -OCH3 is 1. The van der Waals surface area contributed by atoms with Crippen molar-refractivity contribution in [1.82, 2.24) is 14.5 Å². The summed E-state index contributed by atoms with van der Waals surface area (Å²) in [5.41, 5.74) is 3.45. The second-order valence-corrected chi connectivity index (χ2v) is 9.08. The standard InChI is InChI=1S/C32H28F2N4O3/c1-4-6-28-30(5-2)38(11-12-40-3)31(36-28)17-23-9-10-24(16-27(23)34)29-14-22(19-39)15-32(37-29)41-20-25-8-7-21(18-35)13-26(25)33/h4-10,13-16,19H,2,11-12,17,20H2,1,3H3/b6-4-. The number of carbonyl (C=O) groups excluding carboxylic acids is 1. The fraction of sp³-hybridized carbons (Fsp3) is 0.188. The van der Waals surface area contributed by atoms with Crippen molar-refractivity contribution in [3.63, 3.8) is 0 Å². The molecule has 0 atom stereocenters. The Morgan fingerprint density at radius 2 is 1.85 bits per heavy atom. The molecule has 9 heteroatoms. The molecule has 0 N–H and O–H groups in total. The van der Waals surface area contributed by atoms with Crippen LogP contribution in [-0.4, -0.2) is 34.5 Å². The number of carbonyl (C=O) groups is 1. The van der Waals surface area contributed by atoms with Crippen molar-refractivity contribution >= 4 is 18.4 Å². The van der Waals surface area contributed by atoms with Gasteiger partial charge in [0.2, 0.25) is 5.88 Å². The molecule has 4 rings (SSSR count). The van der Waals surface area contributed by atoms with E-state index < -0.39 is 11.6 Å². The molecule has 0 saturated carbocycles. The maximum atomic E-state index is 15.4. The van der Waals surface area contributed by atoms with Gasteiger partial charge in [0.05, 0.1) is 35.3 Å². The number of aromatic nitrogens is 3. The number of aldehydes is 1. The second kappa shape index (κ2) is 13.4. The zero-order valence-electron chi connectivity index (χ0n) is 22.7. The number of pyridine rings is 1. The molecule has 7 nitrogen and oxygen atoms in total. The van der Waals surface area contributed by atoms with E-state index in [1.54, 1.807) is 25.3 Å². The summed E-state index contributed by atoms with van der Waals surface area (Å²) in [6.07, 6.45) is 6.35. The summed E-state index contributed by atoms with van der Waals surface area (Å²) in [6.45, 7) is 6.63. The van der Waals surface area contributed by atoms with Crippen molar-refractivity contribution in [2.24, 2.45) is 0 Å². The Morgan fingerprint density at radius 3 is 2.51 bits per heavy atom. The lowest BCUT2D eigenvalue weighted by Crippen LogP contribution is -2.11. The average molecular weight is 555 g/mol. The molecule has 208 valence electrons. The van der Waals surface area contributed by atoms with E-state index in [0.29, 0.717) is 42.1 Å². The summed E-state index contributed by atoms with van der Waals surface area (Å²) in [6, 6.07) is 13.6. The zero-order valence-corrected chi connectivity index (χ0v) is 22.7. The summed E-state index contributed by atoms with van der Waals surface area (Å²) < 4.78 is 42.5. The van der Waals surface area contributed by atoms with Gasteiger partial charge in [0, 0.05) is 42.8 Å². The Bertz CT molecular complexity index is 1650. The van der Waals surface area contributed by atoms with E-state index in [1.807, 2.05) is 29.7 Å². The van der Waals surface area contributed by atoms with Crippen LogP contribution in [0.15, 0.2) is 61.2 Å². The Balaban J connectivity index is 1.60. The van der Waals surface area contributed by atoms with Crippen molar-refractivity contribution in [3.8, 4) is 23.2 Å². The number of allylic oxidation sites excluding steroid dienone is 1. The van der Waals surface area contributed by atoms with Crippen LogP contribution < -0.4 is 4.74 Å². The van der Waals surface area contributed by atoms with Gasteiger partial charge in [-0.2, -0.15) is 5.26 Å². The van der Waals surface area contributed by atoms with Crippen LogP contribution in [0.25, 0.3) is 23.4 Å². The third-order valence-electron chi connectivity index (χ3n) is 6.37. The Kier molecular flexibility index (Phi) is 9.51. The van der Waals surface area contributed by atoms with Crippen molar-refractivity contribution < 1.29 is 23.0 Å². The molecule has 0 spiro atoms. The van der Waals surface area contributed by atoms with Gasteiger partial charge in [-0.05, 0) is 48.9 Å². The highest BCUT2D eigenvalue weighted by atomic mass is 19.1. The van der Waals surface area contributed by atoms with Crippen LogP contribution in [0.4, 0.5) is 8.78 Å². The molecular formula is C32H28F2N4O3. The lowest BCUT2D eigenvalue weighted by Gasteiger charge is -2.12. The molecular weight excluding hydrogens is 526 g/mol. The van der Waals surface area contributed by atoms with E-state index in [2.05, 4.69) is 11.6 Å². The highest BCUT2D eigenvalue weighted by Gasteiger charge is 2.17. The minimum Gasteiger partial charge on any atom is -0.473 e. The first-order chi connectivity index (χ1) is 19.9. The number of halogens is 2. The minimum atomic E-state index is -0.589. The van der Waals surface area contributed by atoms with Gasteiger partial charge in [0.25, 0.3) is 0 Å². The number of nitriles is 1. The van der Waals surface area contributed by atoms with Crippen LogP contribution in [0.3, 0.4) is 0 Å². The molecule has 4 aromatic rings. The fourth-order valence-corrected chi connectivity index (χ4v) is 4.32. The Morgan fingerprint density at radius 1 is 1.07 bits per heavy atom. The summed E-state index contributed by atoms with van der Waals surface area (Å²) in [5, 5.41) is 8.92. The summed E-state index contributed by atoms with van der Waals surface area (Å²) in [7, 11) is 1.62. The molecule has 2 aromatic heterocycles. The molecule has 2 heterocycles. The van der Waals surface area contributed by atoms with Crippen molar-refractivity contribution in [1.29, 1.82) is 5.26 Å². The maximum absolute atomic E-state index is 15.4. The van der Waals surface area contributed by atoms with Crippen molar-refractivity contribution in [3.05, 3.63) is 112 Å². The largest absolute Gasteiger partial charge is 0.473 e. The molecule has 2 aromatic carbocycles. The zero-order chi connectivity index (χ0) is 29.4. The van der Waals surface area contributed by atoms with E-state index in [-0.39, 0.29) is 35.6 Å². The fourth-order valence-electron chi connectivity index (χ4n) is 4.32. The number of imidazole rings is 1. The summed E-state index contributed by atoms with van der Waals surface area (Å²) in [4.78, 5) is 20.7. The van der Waals surface area contributed by atoms with Crippen molar-refractivity contribution in [2.75, 3.05) is 13.7 Å². The van der Waals surface area contributed by atoms with E-state index >= 15 is 4.39 Å². The predicted molar refractivity (Wildman–Crippen MR) is 152 cm³/mol. The normalized spacial score (nSPS) is 11.0. The van der Waals surface area contributed by atoms with Crippen LogP contribution in [0.2, 0.25) is 0 Å². The number of rotatable bonds is 12. The van der Waals surface area contributed by atoms with E-state index in [4.69, 9.17) is 19.7 Å². The number of benzene rings is 2. The van der Waals surface area contributed by atoms with Crippen molar-refractivity contribution in [2.45, 2.75) is 26.5 Å². The van der Waals surface area contributed by atoms with Gasteiger partial charge in [0.15, 0.2) is 0 Å². The van der Waals surface area contributed by atoms with Gasteiger partial charge in [-0.25, -0.2) is 18.7 Å². The third kappa shape index (κ3) is 6.80. The SMILES string of the molecule is C=Cc1c(/C=C\C)nc(Cc2ccc(-c3cc(C=O)cc(OCc4ccc(C#N)cc4F)n3)cc2F)n1CCOC. The lowest BCUT2D eigenvalue weighted by atomic mass is 10.0. The minimum absolute atomic E-state index is 0.0754. The number of hydrogen-bond donors (Lipinski definition) is 0. The Labute approximate surface area is 237 Å². The number of ether oxygens (including phenoxy) is 2. The molecule has 0 amide bonds.